The van der Waals surface area contributed by atoms with E-state index in [0.717, 1.165) is 25.9 Å². The third-order valence-corrected chi connectivity index (χ3v) is 4.99. The molecule has 0 aromatic carbocycles. The zero-order valence-corrected chi connectivity index (χ0v) is 14.1. The van der Waals surface area contributed by atoms with E-state index in [1.54, 1.807) is 0 Å². The Morgan fingerprint density at radius 2 is 2.00 bits per heavy atom. The van der Waals surface area contributed by atoms with Crippen LogP contribution in [-0.4, -0.2) is 72.2 Å². The predicted molar refractivity (Wildman–Crippen MR) is 84.4 cm³/mol. The normalized spacial score (nSPS) is 30.0. The van der Waals surface area contributed by atoms with Gasteiger partial charge in [-0.25, -0.2) is 0 Å². The maximum atomic E-state index is 12.0. The van der Waals surface area contributed by atoms with Gasteiger partial charge in [0.1, 0.15) is 5.54 Å². The van der Waals surface area contributed by atoms with Crippen molar-refractivity contribution >= 4 is 5.97 Å². The lowest BCUT2D eigenvalue weighted by Gasteiger charge is -2.36. The molecule has 3 atom stereocenters. The molecule has 0 aromatic rings. The molecule has 1 aliphatic carbocycles. The average molecular weight is 297 g/mol. The Labute approximate surface area is 128 Å². The summed E-state index contributed by atoms with van der Waals surface area (Å²) >= 11 is 0. The second kappa shape index (κ2) is 6.23. The molecule has 5 nitrogen and oxygen atoms in total. The largest absolute Gasteiger partial charge is 0.480 e. The van der Waals surface area contributed by atoms with E-state index in [9.17, 15) is 9.90 Å². The topological polar surface area (TPSA) is 55.8 Å². The lowest BCUT2D eigenvalue weighted by atomic mass is 9.91. The number of likely N-dealkylation sites (tertiary alicyclic amines) is 1. The second-order valence-corrected chi connectivity index (χ2v) is 7.55. The molecule has 3 unspecified atom stereocenters. The Morgan fingerprint density at radius 1 is 1.38 bits per heavy atom. The summed E-state index contributed by atoms with van der Waals surface area (Å²) in [6, 6.07) is 0.709. The van der Waals surface area contributed by atoms with E-state index < -0.39 is 11.5 Å². The van der Waals surface area contributed by atoms with Crippen LogP contribution >= 0.6 is 0 Å². The van der Waals surface area contributed by atoms with Crippen molar-refractivity contribution in [2.45, 2.75) is 51.2 Å². The molecule has 2 rings (SSSR count). The molecular formula is C16H31N3O2. The highest BCUT2D eigenvalue weighted by molar-refractivity contribution is 5.80. The Kier molecular flexibility index (Phi) is 4.96. The number of nitrogens with one attached hydrogen (secondary N) is 1. The summed E-state index contributed by atoms with van der Waals surface area (Å²) in [5, 5.41) is 13.3. The van der Waals surface area contributed by atoms with E-state index in [0.29, 0.717) is 18.5 Å². The minimum atomic E-state index is -0.769. The predicted octanol–water partition coefficient (Wildman–Crippen LogP) is 1.10. The Balaban J connectivity index is 2.11. The van der Waals surface area contributed by atoms with Crippen LogP contribution in [0.15, 0.2) is 0 Å². The van der Waals surface area contributed by atoms with Crippen LogP contribution in [0.4, 0.5) is 0 Å². The Bertz CT molecular complexity index is 382. The Hall–Kier alpha value is -0.650. The molecule has 0 spiro atoms. The summed E-state index contributed by atoms with van der Waals surface area (Å²) in [6.45, 7) is 8.92. The van der Waals surface area contributed by atoms with Gasteiger partial charge in [-0.1, -0.05) is 6.92 Å². The van der Waals surface area contributed by atoms with Gasteiger partial charge in [-0.15, -0.1) is 0 Å². The molecule has 0 radical (unpaired) electrons. The maximum Gasteiger partial charge on any atom is 0.325 e. The van der Waals surface area contributed by atoms with E-state index in [2.05, 4.69) is 36.1 Å². The first-order chi connectivity index (χ1) is 9.76. The van der Waals surface area contributed by atoms with Crippen LogP contribution in [0, 0.1) is 11.8 Å². The van der Waals surface area contributed by atoms with Gasteiger partial charge >= 0.3 is 5.97 Å². The minimum absolute atomic E-state index is 0.186. The fourth-order valence-corrected chi connectivity index (χ4v) is 3.89. The summed E-state index contributed by atoms with van der Waals surface area (Å²) in [7, 11) is 4.23. The van der Waals surface area contributed by atoms with Gasteiger partial charge in [-0.2, -0.15) is 0 Å². The summed E-state index contributed by atoms with van der Waals surface area (Å²) < 4.78 is 0. The smallest absolute Gasteiger partial charge is 0.325 e. The van der Waals surface area contributed by atoms with Crippen molar-refractivity contribution in [1.29, 1.82) is 0 Å². The number of hydrogen-bond acceptors (Lipinski definition) is 4. The molecular weight excluding hydrogens is 266 g/mol. The number of likely N-dealkylation sites (N-methyl/N-ethyl adjacent to an activating group) is 1. The van der Waals surface area contributed by atoms with Gasteiger partial charge in [0.15, 0.2) is 0 Å². The first kappa shape index (κ1) is 16.7. The number of carbonyl (C=O) groups is 1. The van der Waals surface area contributed by atoms with Crippen LogP contribution in [0.25, 0.3) is 0 Å². The SMILES string of the molecule is CC(C)NC(CN1CC(C)C(N(C)C)C1)(C(=O)O)C1CC1. The summed E-state index contributed by atoms with van der Waals surface area (Å²) in [4.78, 5) is 16.6. The maximum absolute atomic E-state index is 12.0. The van der Waals surface area contributed by atoms with Crippen molar-refractivity contribution in [1.82, 2.24) is 15.1 Å². The molecule has 1 saturated carbocycles. The van der Waals surface area contributed by atoms with Crippen molar-refractivity contribution in [3.05, 3.63) is 0 Å². The fraction of sp³-hybridized carbons (Fsp3) is 0.938. The van der Waals surface area contributed by atoms with E-state index >= 15 is 0 Å². The lowest BCUT2D eigenvalue weighted by Crippen LogP contribution is -2.62. The van der Waals surface area contributed by atoms with Gasteiger partial charge in [0, 0.05) is 31.7 Å². The first-order valence-corrected chi connectivity index (χ1v) is 8.16. The van der Waals surface area contributed by atoms with Crippen molar-refractivity contribution in [3.8, 4) is 0 Å². The molecule has 5 heteroatoms. The molecule has 2 aliphatic rings. The monoisotopic (exact) mass is 297 g/mol. The fourth-order valence-electron chi connectivity index (χ4n) is 3.89. The standard InChI is InChI=1S/C16H31N3O2/c1-11(2)17-16(15(20)21,13-6-7-13)10-19-8-12(3)14(9-19)18(4)5/h11-14,17H,6-10H2,1-5H3,(H,20,21). The van der Waals surface area contributed by atoms with Crippen LogP contribution in [0.1, 0.15) is 33.6 Å². The molecule has 2 N–H and O–H groups in total. The quantitative estimate of drug-likeness (QED) is 0.737. The van der Waals surface area contributed by atoms with Crippen molar-refractivity contribution in [3.63, 3.8) is 0 Å². The highest BCUT2D eigenvalue weighted by Gasteiger charge is 2.53. The summed E-state index contributed by atoms with van der Waals surface area (Å²) in [6.07, 6.45) is 2.07. The van der Waals surface area contributed by atoms with Gasteiger partial charge in [-0.05, 0) is 52.6 Å². The molecule has 1 saturated heterocycles. The molecule has 2 fully saturated rings. The zero-order chi connectivity index (χ0) is 15.8. The number of carboxylic acid groups (broad SMARTS) is 1. The average Bonchev–Trinajstić information content (AvgIpc) is 3.12. The number of carboxylic acids is 1. The molecule has 1 aliphatic heterocycles. The molecule has 0 amide bonds. The highest BCUT2D eigenvalue weighted by Crippen LogP contribution is 2.41. The summed E-state index contributed by atoms with van der Waals surface area (Å²) in [5.41, 5.74) is -0.769. The molecule has 0 bridgehead atoms. The minimum Gasteiger partial charge on any atom is -0.480 e. The van der Waals surface area contributed by atoms with Gasteiger partial charge in [0.2, 0.25) is 0 Å². The third kappa shape index (κ3) is 3.58. The van der Waals surface area contributed by atoms with Crippen LogP contribution in [-0.2, 0) is 4.79 Å². The van der Waals surface area contributed by atoms with E-state index in [4.69, 9.17) is 0 Å². The van der Waals surface area contributed by atoms with Crippen LogP contribution in [0.3, 0.4) is 0 Å². The third-order valence-electron chi connectivity index (χ3n) is 4.99. The lowest BCUT2D eigenvalue weighted by molar-refractivity contribution is -0.147. The molecule has 122 valence electrons. The van der Waals surface area contributed by atoms with E-state index in [1.807, 2.05) is 13.8 Å². The summed E-state index contributed by atoms with van der Waals surface area (Å²) in [5.74, 6) is 0.190. The first-order valence-electron chi connectivity index (χ1n) is 8.16. The van der Waals surface area contributed by atoms with Gasteiger partial charge in [0.05, 0.1) is 0 Å². The van der Waals surface area contributed by atoms with Crippen LogP contribution in [0.5, 0.6) is 0 Å². The van der Waals surface area contributed by atoms with Crippen molar-refractivity contribution in [2.24, 2.45) is 11.8 Å². The number of aliphatic carboxylic acids is 1. The molecule has 21 heavy (non-hydrogen) atoms. The Morgan fingerprint density at radius 3 is 2.38 bits per heavy atom. The van der Waals surface area contributed by atoms with Crippen molar-refractivity contribution < 1.29 is 9.90 Å². The van der Waals surface area contributed by atoms with Crippen LogP contribution < -0.4 is 5.32 Å². The zero-order valence-electron chi connectivity index (χ0n) is 14.1. The molecule has 1 heterocycles. The number of nitrogens with zero attached hydrogens (tertiary/aromatic N) is 2. The number of rotatable bonds is 7. The number of hydrogen-bond donors (Lipinski definition) is 2. The molecule has 0 aromatic heterocycles. The van der Waals surface area contributed by atoms with E-state index in [-0.39, 0.29) is 12.0 Å². The van der Waals surface area contributed by atoms with Gasteiger partial charge in [0.25, 0.3) is 0 Å². The van der Waals surface area contributed by atoms with Gasteiger partial charge < -0.3 is 10.0 Å². The van der Waals surface area contributed by atoms with Crippen molar-refractivity contribution in [2.75, 3.05) is 33.7 Å². The highest BCUT2D eigenvalue weighted by atomic mass is 16.4. The van der Waals surface area contributed by atoms with Crippen LogP contribution in [0.2, 0.25) is 0 Å². The van der Waals surface area contributed by atoms with Gasteiger partial charge in [-0.3, -0.25) is 15.0 Å². The second-order valence-electron chi connectivity index (χ2n) is 7.55. The van der Waals surface area contributed by atoms with E-state index in [1.165, 1.54) is 0 Å².